The summed E-state index contributed by atoms with van der Waals surface area (Å²) >= 11 is 1.42. The molecule has 28 heavy (non-hydrogen) atoms. The number of pyridine rings is 1. The zero-order chi connectivity index (χ0) is 19.9. The van der Waals surface area contributed by atoms with Crippen molar-refractivity contribution < 1.29 is 19.1 Å². The summed E-state index contributed by atoms with van der Waals surface area (Å²) in [5.74, 6) is 0.0180. The Hall–Kier alpha value is -2.52. The smallest absolute Gasteiger partial charge is 0.259 e. The van der Waals surface area contributed by atoms with Crippen LogP contribution in [0.15, 0.2) is 23.7 Å². The van der Waals surface area contributed by atoms with E-state index in [1.54, 1.807) is 30.3 Å². The summed E-state index contributed by atoms with van der Waals surface area (Å²) in [5.41, 5.74) is 1.32. The fourth-order valence-electron chi connectivity index (χ4n) is 3.02. The number of piperidine rings is 1. The average molecular weight is 404 g/mol. The predicted octanol–water partition coefficient (Wildman–Crippen LogP) is 2.36. The van der Waals surface area contributed by atoms with E-state index in [-0.39, 0.29) is 17.7 Å². The number of carbonyl (C=O) groups excluding carboxylic acids is 2. The Labute approximate surface area is 167 Å². The molecule has 150 valence electrons. The number of aryl methyl sites for hydroxylation is 1. The lowest BCUT2D eigenvalue weighted by Gasteiger charge is -2.31. The van der Waals surface area contributed by atoms with E-state index in [2.05, 4.69) is 15.3 Å². The van der Waals surface area contributed by atoms with Crippen molar-refractivity contribution >= 4 is 28.3 Å². The first kappa shape index (κ1) is 20.2. The molecule has 1 aliphatic heterocycles. The number of nitrogens with one attached hydrogen (secondary N) is 1. The number of likely N-dealkylation sites (tertiary alicyclic amines) is 1. The van der Waals surface area contributed by atoms with Crippen molar-refractivity contribution in [3.8, 4) is 5.88 Å². The highest BCUT2D eigenvalue weighted by Gasteiger charge is 2.29. The lowest BCUT2D eigenvalue weighted by atomic mass is 9.95. The Bertz CT molecular complexity index is 818. The van der Waals surface area contributed by atoms with E-state index >= 15 is 0 Å². The minimum Gasteiger partial charge on any atom is -0.475 e. The van der Waals surface area contributed by atoms with E-state index in [0.29, 0.717) is 55.7 Å². The highest BCUT2D eigenvalue weighted by molar-refractivity contribution is 7.13. The van der Waals surface area contributed by atoms with Gasteiger partial charge in [-0.05, 0) is 31.9 Å². The van der Waals surface area contributed by atoms with Crippen LogP contribution < -0.4 is 10.1 Å². The van der Waals surface area contributed by atoms with Crippen molar-refractivity contribution in [3.63, 3.8) is 0 Å². The number of thiazole rings is 1. The Morgan fingerprint density at radius 3 is 2.79 bits per heavy atom. The van der Waals surface area contributed by atoms with Crippen LogP contribution in [0, 0.1) is 12.8 Å². The lowest BCUT2D eigenvalue weighted by Crippen LogP contribution is -2.41. The van der Waals surface area contributed by atoms with Gasteiger partial charge in [-0.25, -0.2) is 9.97 Å². The maximum Gasteiger partial charge on any atom is 0.259 e. The van der Waals surface area contributed by atoms with Gasteiger partial charge < -0.3 is 19.7 Å². The van der Waals surface area contributed by atoms with Gasteiger partial charge in [-0.2, -0.15) is 0 Å². The Morgan fingerprint density at radius 1 is 1.32 bits per heavy atom. The number of methoxy groups -OCH3 is 1. The molecule has 2 amide bonds. The van der Waals surface area contributed by atoms with Crippen molar-refractivity contribution in [1.82, 2.24) is 14.9 Å². The normalized spacial score (nSPS) is 14.7. The van der Waals surface area contributed by atoms with Crippen LogP contribution in [-0.2, 0) is 9.53 Å². The molecule has 2 aromatic heterocycles. The third-order valence-corrected chi connectivity index (χ3v) is 5.41. The molecule has 3 rings (SSSR count). The second-order valence-corrected chi connectivity index (χ2v) is 7.41. The molecule has 9 heteroatoms. The molecule has 0 bridgehead atoms. The number of rotatable bonds is 7. The third-order valence-electron chi connectivity index (χ3n) is 4.53. The van der Waals surface area contributed by atoms with Gasteiger partial charge in [0.15, 0.2) is 5.13 Å². The van der Waals surface area contributed by atoms with Crippen LogP contribution in [0.1, 0.15) is 28.9 Å². The van der Waals surface area contributed by atoms with E-state index in [9.17, 15) is 9.59 Å². The van der Waals surface area contributed by atoms with Crippen molar-refractivity contribution in [3.05, 3.63) is 35.0 Å². The maximum atomic E-state index is 12.9. The molecule has 0 spiro atoms. The summed E-state index contributed by atoms with van der Waals surface area (Å²) in [6.07, 6.45) is 2.82. The van der Waals surface area contributed by atoms with Gasteiger partial charge in [0.25, 0.3) is 5.91 Å². The Balaban J connectivity index is 1.56. The van der Waals surface area contributed by atoms with Crippen LogP contribution in [0.5, 0.6) is 5.88 Å². The van der Waals surface area contributed by atoms with Crippen LogP contribution in [0.4, 0.5) is 5.13 Å². The van der Waals surface area contributed by atoms with Gasteiger partial charge in [-0.3, -0.25) is 9.59 Å². The van der Waals surface area contributed by atoms with E-state index in [1.165, 1.54) is 11.3 Å². The number of aromatic nitrogens is 2. The summed E-state index contributed by atoms with van der Waals surface area (Å²) in [6, 6.07) is 3.42. The van der Waals surface area contributed by atoms with Crippen molar-refractivity contribution in [2.24, 2.45) is 5.92 Å². The molecule has 1 N–H and O–H groups in total. The molecule has 0 saturated carbocycles. The zero-order valence-electron chi connectivity index (χ0n) is 16.0. The van der Waals surface area contributed by atoms with Gasteiger partial charge in [0.1, 0.15) is 12.2 Å². The minimum absolute atomic E-state index is 0.0357. The van der Waals surface area contributed by atoms with E-state index < -0.39 is 0 Å². The van der Waals surface area contributed by atoms with Gasteiger partial charge in [0.05, 0.1) is 12.3 Å². The van der Waals surface area contributed by atoms with Gasteiger partial charge >= 0.3 is 0 Å². The molecular weight excluding hydrogens is 380 g/mol. The Morgan fingerprint density at radius 2 is 2.11 bits per heavy atom. The van der Waals surface area contributed by atoms with Gasteiger partial charge in [0.2, 0.25) is 11.8 Å². The maximum absolute atomic E-state index is 12.9. The molecule has 0 radical (unpaired) electrons. The quantitative estimate of drug-likeness (QED) is 0.712. The molecule has 0 unspecified atom stereocenters. The highest BCUT2D eigenvalue weighted by atomic mass is 32.1. The van der Waals surface area contributed by atoms with Gasteiger partial charge in [-0.1, -0.05) is 0 Å². The number of carbonyl (C=O) groups is 2. The summed E-state index contributed by atoms with van der Waals surface area (Å²) in [6.45, 7) is 3.66. The number of nitrogens with zero attached hydrogens (tertiary/aromatic N) is 3. The molecule has 0 aliphatic carbocycles. The summed E-state index contributed by atoms with van der Waals surface area (Å²) < 4.78 is 10.5. The molecule has 1 saturated heterocycles. The number of hydrogen-bond donors (Lipinski definition) is 1. The standard InChI is InChI=1S/C19H24N4O4S/c1-13-12-28-19(21-13)22-16(24)14-5-8-23(9-6-14)18(25)15-4-3-7-20-17(15)27-11-10-26-2/h3-4,7,12,14H,5-6,8-11H2,1-2H3,(H,21,22,24). The number of anilines is 1. The van der Waals surface area contributed by atoms with Crippen LogP contribution >= 0.6 is 11.3 Å². The van der Waals surface area contributed by atoms with Crippen LogP contribution in [-0.4, -0.2) is 60.1 Å². The molecular formula is C19H24N4O4S. The molecule has 8 nitrogen and oxygen atoms in total. The number of amides is 2. The molecule has 1 fully saturated rings. The Kier molecular flexibility index (Phi) is 6.94. The molecule has 0 atom stereocenters. The zero-order valence-corrected chi connectivity index (χ0v) is 16.8. The molecule has 1 aliphatic rings. The highest BCUT2D eigenvalue weighted by Crippen LogP contribution is 2.24. The molecule has 3 heterocycles. The largest absolute Gasteiger partial charge is 0.475 e. The van der Waals surface area contributed by atoms with E-state index in [1.807, 2.05) is 12.3 Å². The molecule has 2 aromatic rings. The summed E-state index contributed by atoms with van der Waals surface area (Å²) in [7, 11) is 1.59. The predicted molar refractivity (Wildman–Crippen MR) is 106 cm³/mol. The fourth-order valence-corrected chi connectivity index (χ4v) is 3.72. The monoisotopic (exact) mass is 404 g/mol. The second-order valence-electron chi connectivity index (χ2n) is 6.55. The topological polar surface area (TPSA) is 93.7 Å². The van der Waals surface area contributed by atoms with E-state index in [4.69, 9.17) is 9.47 Å². The average Bonchev–Trinajstić information content (AvgIpc) is 3.12. The third kappa shape index (κ3) is 5.05. The van der Waals surface area contributed by atoms with Crippen molar-refractivity contribution in [2.45, 2.75) is 19.8 Å². The van der Waals surface area contributed by atoms with Gasteiger partial charge in [-0.15, -0.1) is 11.3 Å². The van der Waals surface area contributed by atoms with E-state index in [0.717, 1.165) is 5.69 Å². The van der Waals surface area contributed by atoms with Crippen LogP contribution in [0.25, 0.3) is 0 Å². The first-order valence-corrected chi connectivity index (χ1v) is 10.1. The van der Waals surface area contributed by atoms with Crippen LogP contribution in [0.3, 0.4) is 0 Å². The second kappa shape index (κ2) is 9.61. The lowest BCUT2D eigenvalue weighted by molar-refractivity contribution is -0.121. The minimum atomic E-state index is -0.130. The number of hydrogen-bond acceptors (Lipinski definition) is 7. The summed E-state index contributed by atoms with van der Waals surface area (Å²) in [5, 5.41) is 5.39. The van der Waals surface area contributed by atoms with Gasteiger partial charge in [0, 0.05) is 37.7 Å². The summed E-state index contributed by atoms with van der Waals surface area (Å²) in [4.78, 5) is 35.5. The number of ether oxygens (including phenoxy) is 2. The first-order chi connectivity index (χ1) is 13.6. The van der Waals surface area contributed by atoms with Crippen LogP contribution in [0.2, 0.25) is 0 Å². The fraction of sp³-hybridized carbons (Fsp3) is 0.474. The van der Waals surface area contributed by atoms with Crippen molar-refractivity contribution in [1.29, 1.82) is 0 Å². The first-order valence-electron chi connectivity index (χ1n) is 9.17. The molecule has 0 aromatic carbocycles. The SMILES string of the molecule is COCCOc1ncccc1C(=O)N1CCC(C(=O)Nc2nc(C)cs2)CC1. The van der Waals surface area contributed by atoms with Crippen molar-refractivity contribution in [2.75, 3.05) is 38.7 Å².